The minimum Gasteiger partial charge on any atom is -0.359 e. The summed E-state index contributed by atoms with van der Waals surface area (Å²) >= 11 is 0. The number of hydrogen-bond donors (Lipinski definition) is 0. The summed E-state index contributed by atoms with van der Waals surface area (Å²) in [5.74, 6) is 0. The van der Waals surface area contributed by atoms with Crippen molar-refractivity contribution in [1.29, 1.82) is 0 Å². The zero-order valence-corrected chi connectivity index (χ0v) is 13.1. The molecule has 0 aromatic carbocycles. The van der Waals surface area contributed by atoms with E-state index in [0.717, 1.165) is 6.61 Å². The van der Waals surface area contributed by atoms with Crippen molar-refractivity contribution in [1.82, 2.24) is 0 Å². The van der Waals surface area contributed by atoms with Crippen LogP contribution in [0, 0.1) is 10.8 Å². The summed E-state index contributed by atoms with van der Waals surface area (Å²) in [6.07, 6.45) is 2.34. The maximum atomic E-state index is 6.05. The summed E-state index contributed by atoms with van der Waals surface area (Å²) in [5.41, 5.74) is 0.343. The van der Waals surface area contributed by atoms with Gasteiger partial charge in [-0.25, -0.2) is 0 Å². The van der Waals surface area contributed by atoms with Crippen molar-refractivity contribution in [2.24, 2.45) is 10.8 Å². The van der Waals surface area contributed by atoms with Crippen LogP contribution >= 0.6 is 21.6 Å². The van der Waals surface area contributed by atoms with Crippen molar-refractivity contribution in [3.8, 4) is 0 Å². The molecule has 0 radical (unpaired) electrons. The van der Waals surface area contributed by atoms with Crippen molar-refractivity contribution in [3.63, 3.8) is 0 Å². The van der Waals surface area contributed by atoms with Gasteiger partial charge >= 0.3 is 0 Å². The van der Waals surface area contributed by atoms with E-state index in [9.17, 15) is 0 Å². The fourth-order valence-electron chi connectivity index (χ4n) is 1.51. The number of hydrogen-bond acceptors (Lipinski definition) is 3. The molecule has 1 aliphatic heterocycles. The molecule has 0 aliphatic carbocycles. The Bertz CT molecular complexity index is 283. The van der Waals surface area contributed by atoms with Gasteiger partial charge in [-0.15, -0.1) is 0 Å². The van der Waals surface area contributed by atoms with E-state index in [1.807, 2.05) is 21.6 Å². The lowest BCUT2D eigenvalue weighted by Crippen LogP contribution is -2.39. The quantitative estimate of drug-likeness (QED) is 0.640. The SMILES string of the molecule is CCOC1(C(C)(C)C)C=C(C(C)(C)C)SS1. The molecule has 0 aromatic heterocycles. The van der Waals surface area contributed by atoms with Gasteiger partial charge in [0.25, 0.3) is 0 Å². The molecule has 0 saturated heterocycles. The molecule has 1 unspecified atom stereocenters. The molecule has 0 N–H and O–H groups in total. The number of ether oxygens (including phenoxy) is 1. The summed E-state index contributed by atoms with van der Waals surface area (Å²) in [6, 6.07) is 0. The lowest BCUT2D eigenvalue weighted by molar-refractivity contribution is -0.00455. The lowest BCUT2D eigenvalue weighted by atomic mass is 9.85. The van der Waals surface area contributed by atoms with Crippen LogP contribution in [0.2, 0.25) is 0 Å². The normalized spacial score (nSPS) is 27.1. The molecule has 1 aliphatic rings. The van der Waals surface area contributed by atoms with Gasteiger partial charge in [0.1, 0.15) is 4.93 Å². The van der Waals surface area contributed by atoms with Gasteiger partial charge < -0.3 is 4.74 Å². The third-order valence-corrected chi connectivity index (χ3v) is 6.34. The minimum atomic E-state index is -0.172. The van der Waals surface area contributed by atoms with Gasteiger partial charge in [-0.3, -0.25) is 0 Å². The van der Waals surface area contributed by atoms with Crippen LogP contribution in [0.1, 0.15) is 48.5 Å². The highest BCUT2D eigenvalue weighted by atomic mass is 33.1. The largest absolute Gasteiger partial charge is 0.359 e. The average molecular weight is 260 g/mol. The molecule has 0 spiro atoms. The van der Waals surface area contributed by atoms with E-state index in [4.69, 9.17) is 4.74 Å². The second-order valence-corrected chi connectivity index (χ2v) is 8.66. The topological polar surface area (TPSA) is 9.23 Å². The molecule has 0 bridgehead atoms. The summed E-state index contributed by atoms with van der Waals surface area (Å²) in [6.45, 7) is 16.4. The van der Waals surface area contributed by atoms with Crippen LogP contribution in [-0.2, 0) is 4.74 Å². The molecule has 1 heterocycles. The molecule has 1 atom stereocenters. The first-order valence-electron chi connectivity index (χ1n) is 5.85. The van der Waals surface area contributed by atoms with E-state index in [1.54, 1.807) is 0 Å². The Morgan fingerprint density at radius 3 is 2.06 bits per heavy atom. The van der Waals surface area contributed by atoms with E-state index in [1.165, 1.54) is 4.91 Å². The van der Waals surface area contributed by atoms with Gasteiger partial charge in [-0.05, 0) is 29.2 Å². The zero-order chi connectivity index (χ0) is 12.6. The predicted molar refractivity (Wildman–Crippen MR) is 76.5 cm³/mol. The highest BCUT2D eigenvalue weighted by Gasteiger charge is 2.47. The fraction of sp³-hybridized carbons (Fsp3) is 0.846. The van der Waals surface area contributed by atoms with Crippen LogP contribution in [0.15, 0.2) is 11.0 Å². The molecule has 94 valence electrons. The van der Waals surface area contributed by atoms with Crippen LogP contribution in [0.25, 0.3) is 0 Å². The van der Waals surface area contributed by atoms with Crippen LogP contribution in [-0.4, -0.2) is 11.5 Å². The Hall–Kier alpha value is 0.400. The Balaban J connectivity index is 3.05. The van der Waals surface area contributed by atoms with Crippen molar-refractivity contribution in [3.05, 3.63) is 11.0 Å². The lowest BCUT2D eigenvalue weighted by Gasteiger charge is -2.38. The molecule has 0 fully saturated rings. The highest BCUT2D eigenvalue weighted by Crippen LogP contribution is 2.60. The first-order valence-corrected chi connectivity index (χ1v) is 8.00. The van der Waals surface area contributed by atoms with E-state index in [2.05, 4.69) is 54.5 Å². The van der Waals surface area contributed by atoms with Gasteiger partial charge in [0.2, 0.25) is 0 Å². The maximum absolute atomic E-state index is 6.05. The Labute approximate surface area is 108 Å². The number of allylic oxidation sites excluding steroid dienone is 1. The van der Waals surface area contributed by atoms with E-state index < -0.39 is 0 Å². The molecular weight excluding hydrogens is 236 g/mol. The molecule has 16 heavy (non-hydrogen) atoms. The third kappa shape index (κ3) is 2.80. The van der Waals surface area contributed by atoms with Gasteiger partial charge in [0.05, 0.1) is 0 Å². The highest BCUT2D eigenvalue weighted by molar-refractivity contribution is 8.79. The van der Waals surface area contributed by atoms with Gasteiger partial charge in [-0.2, -0.15) is 0 Å². The monoisotopic (exact) mass is 260 g/mol. The Kier molecular flexibility index (Phi) is 4.14. The van der Waals surface area contributed by atoms with E-state index in [-0.39, 0.29) is 15.8 Å². The first kappa shape index (κ1) is 14.5. The second kappa shape index (κ2) is 4.58. The van der Waals surface area contributed by atoms with Crippen LogP contribution in [0.4, 0.5) is 0 Å². The Morgan fingerprint density at radius 1 is 1.19 bits per heavy atom. The van der Waals surface area contributed by atoms with Crippen LogP contribution < -0.4 is 0 Å². The molecule has 1 nitrogen and oxygen atoms in total. The summed E-state index contributed by atoms with van der Waals surface area (Å²) in [7, 11) is 3.73. The smallest absolute Gasteiger partial charge is 0.148 e. The second-order valence-electron chi connectivity index (χ2n) is 6.28. The third-order valence-electron chi connectivity index (χ3n) is 2.72. The molecule has 3 heteroatoms. The van der Waals surface area contributed by atoms with Crippen LogP contribution in [0.5, 0.6) is 0 Å². The van der Waals surface area contributed by atoms with Crippen LogP contribution in [0.3, 0.4) is 0 Å². The maximum Gasteiger partial charge on any atom is 0.148 e. The molecule has 1 rings (SSSR count). The Morgan fingerprint density at radius 2 is 1.75 bits per heavy atom. The molecular formula is C13H24OS2. The van der Waals surface area contributed by atoms with Gasteiger partial charge in [0, 0.05) is 16.9 Å². The zero-order valence-electron chi connectivity index (χ0n) is 11.5. The van der Waals surface area contributed by atoms with Crippen molar-refractivity contribution in [2.45, 2.75) is 53.4 Å². The fourth-order valence-corrected chi connectivity index (χ4v) is 5.42. The van der Waals surface area contributed by atoms with Gasteiger partial charge in [0.15, 0.2) is 0 Å². The number of rotatable bonds is 2. The predicted octanol–water partition coefficient (Wildman–Crippen LogP) is 5.09. The average Bonchev–Trinajstić information content (AvgIpc) is 2.48. The van der Waals surface area contributed by atoms with Gasteiger partial charge in [-0.1, -0.05) is 52.3 Å². The summed E-state index contributed by atoms with van der Waals surface area (Å²) in [5, 5.41) is 0. The molecule has 0 amide bonds. The van der Waals surface area contributed by atoms with E-state index >= 15 is 0 Å². The summed E-state index contributed by atoms with van der Waals surface area (Å²) in [4.78, 5) is 1.26. The van der Waals surface area contributed by atoms with E-state index in [0.29, 0.717) is 0 Å². The summed E-state index contributed by atoms with van der Waals surface area (Å²) < 4.78 is 6.05. The van der Waals surface area contributed by atoms with Crippen molar-refractivity contribution in [2.75, 3.05) is 6.61 Å². The molecule has 0 saturated carbocycles. The minimum absolute atomic E-state index is 0.119. The van der Waals surface area contributed by atoms with Crippen molar-refractivity contribution >= 4 is 21.6 Å². The van der Waals surface area contributed by atoms with Crippen molar-refractivity contribution < 1.29 is 4.74 Å². The molecule has 0 aromatic rings. The standard InChI is InChI=1S/C13H24OS2/c1-8-14-13(12(5,6)7)9-10(15-16-13)11(2,3)4/h9H,8H2,1-7H3. The first-order chi connectivity index (χ1) is 7.12.